The Morgan fingerprint density at radius 3 is 2.50 bits per heavy atom. The monoisotopic (exact) mass is 380 g/mol. The largest absolute Gasteiger partial charge is 0.481 e. The lowest BCUT2D eigenvalue weighted by atomic mass is 9.98. The Morgan fingerprint density at radius 1 is 1.04 bits per heavy atom. The van der Waals surface area contributed by atoms with Gasteiger partial charge in [-0.05, 0) is 43.5 Å². The van der Waals surface area contributed by atoms with Crippen LogP contribution in [-0.4, -0.2) is 19.2 Å². The summed E-state index contributed by atoms with van der Waals surface area (Å²) in [7, 11) is 0. The minimum Gasteiger partial charge on any atom is -0.481 e. The number of hydrogen-bond donors (Lipinski definition) is 0. The molecule has 0 aliphatic carbocycles. The lowest BCUT2D eigenvalue weighted by Crippen LogP contribution is -2.16. The molecule has 0 saturated carbocycles. The molecule has 0 aliphatic rings. The van der Waals surface area contributed by atoms with Crippen LogP contribution >= 0.6 is 0 Å². The second-order valence-electron chi connectivity index (χ2n) is 6.73. The van der Waals surface area contributed by atoms with Gasteiger partial charge in [-0.15, -0.1) is 0 Å². The maximum atomic E-state index is 12.6. The number of aryl methyl sites for hydroxylation is 2. The first-order valence-electron chi connectivity index (χ1n) is 9.39. The molecule has 0 fully saturated rings. The molecule has 3 aromatic rings. The van der Waals surface area contributed by atoms with E-state index >= 15 is 0 Å². The first-order valence-corrected chi connectivity index (χ1v) is 9.39. The van der Waals surface area contributed by atoms with Crippen molar-refractivity contribution >= 4 is 16.9 Å². The van der Waals surface area contributed by atoms with E-state index < -0.39 is 5.97 Å². The number of benzene rings is 2. The Labute approximate surface area is 163 Å². The zero-order valence-electron chi connectivity index (χ0n) is 16.4. The second-order valence-corrected chi connectivity index (χ2v) is 6.73. The van der Waals surface area contributed by atoms with Gasteiger partial charge in [-0.25, -0.2) is 9.59 Å². The highest BCUT2D eigenvalue weighted by atomic mass is 16.6. The van der Waals surface area contributed by atoms with Crippen LogP contribution in [0.1, 0.15) is 35.6 Å². The van der Waals surface area contributed by atoms with Crippen molar-refractivity contribution in [3.63, 3.8) is 0 Å². The molecule has 28 heavy (non-hydrogen) atoms. The molecule has 0 spiro atoms. The molecule has 0 amide bonds. The van der Waals surface area contributed by atoms with E-state index in [1.165, 1.54) is 0 Å². The standard InChI is InChI=1S/C23H24O5/c1-4-12-26-21(24)14-27-20-11-10-18-15(2)19(13-17-8-6-5-7-9-17)23(25)28-22(18)16(20)3/h5-11H,4,12-14H2,1-3H3. The highest BCUT2D eigenvalue weighted by molar-refractivity contribution is 5.85. The molecule has 3 rings (SSSR count). The fraction of sp³-hybridized carbons (Fsp3) is 0.304. The van der Waals surface area contributed by atoms with Crippen molar-refractivity contribution in [3.05, 3.63) is 75.1 Å². The summed E-state index contributed by atoms with van der Waals surface area (Å²) >= 11 is 0. The van der Waals surface area contributed by atoms with Crippen LogP contribution in [0.3, 0.4) is 0 Å². The van der Waals surface area contributed by atoms with Crippen LogP contribution in [0.2, 0.25) is 0 Å². The van der Waals surface area contributed by atoms with Gasteiger partial charge in [0, 0.05) is 22.9 Å². The zero-order valence-corrected chi connectivity index (χ0v) is 16.4. The van der Waals surface area contributed by atoms with Gasteiger partial charge in [0.1, 0.15) is 11.3 Å². The fourth-order valence-corrected chi connectivity index (χ4v) is 3.13. The number of fused-ring (bicyclic) bond motifs is 1. The van der Waals surface area contributed by atoms with Crippen LogP contribution in [0.4, 0.5) is 0 Å². The number of carbonyl (C=O) groups excluding carboxylic acids is 1. The van der Waals surface area contributed by atoms with Crippen molar-refractivity contribution in [2.75, 3.05) is 13.2 Å². The molecular formula is C23H24O5. The van der Waals surface area contributed by atoms with E-state index in [4.69, 9.17) is 13.9 Å². The number of carbonyl (C=O) groups is 1. The predicted octanol–water partition coefficient (Wildman–Crippen LogP) is 4.33. The van der Waals surface area contributed by atoms with E-state index in [9.17, 15) is 9.59 Å². The predicted molar refractivity (Wildman–Crippen MR) is 108 cm³/mol. The van der Waals surface area contributed by atoms with Crippen molar-refractivity contribution in [2.24, 2.45) is 0 Å². The van der Waals surface area contributed by atoms with Gasteiger partial charge in [0.15, 0.2) is 6.61 Å². The van der Waals surface area contributed by atoms with Gasteiger partial charge in [0.2, 0.25) is 0 Å². The number of ether oxygens (including phenoxy) is 2. The average Bonchev–Trinajstić information content (AvgIpc) is 2.70. The Balaban J connectivity index is 1.90. The van der Waals surface area contributed by atoms with Crippen LogP contribution in [0.25, 0.3) is 11.0 Å². The topological polar surface area (TPSA) is 65.7 Å². The molecule has 5 nitrogen and oxygen atoms in total. The van der Waals surface area contributed by atoms with Crippen molar-refractivity contribution in [1.82, 2.24) is 0 Å². The summed E-state index contributed by atoms with van der Waals surface area (Å²) in [6.07, 6.45) is 1.28. The lowest BCUT2D eigenvalue weighted by Gasteiger charge is -2.13. The summed E-state index contributed by atoms with van der Waals surface area (Å²) in [5.74, 6) is 0.0801. The van der Waals surface area contributed by atoms with Gasteiger partial charge in [0.25, 0.3) is 0 Å². The summed E-state index contributed by atoms with van der Waals surface area (Å²) < 4.78 is 16.2. The molecule has 0 atom stereocenters. The van der Waals surface area contributed by atoms with Crippen molar-refractivity contribution < 1.29 is 18.7 Å². The highest BCUT2D eigenvalue weighted by Crippen LogP contribution is 2.30. The SMILES string of the molecule is CCCOC(=O)COc1ccc2c(C)c(Cc3ccccc3)c(=O)oc2c1C. The zero-order chi connectivity index (χ0) is 20.1. The molecule has 5 heteroatoms. The quantitative estimate of drug-likeness (QED) is 0.451. The molecule has 1 aromatic heterocycles. The summed E-state index contributed by atoms with van der Waals surface area (Å²) in [5.41, 5.74) is 3.42. The van der Waals surface area contributed by atoms with E-state index in [1.54, 1.807) is 6.07 Å². The van der Waals surface area contributed by atoms with Crippen molar-refractivity contribution in [2.45, 2.75) is 33.6 Å². The van der Waals surface area contributed by atoms with E-state index in [0.717, 1.165) is 22.9 Å². The molecule has 0 radical (unpaired) electrons. The lowest BCUT2D eigenvalue weighted by molar-refractivity contribution is -0.146. The maximum Gasteiger partial charge on any atom is 0.344 e. The third-order valence-electron chi connectivity index (χ3n) is 4.69. The summed E-state index contributed by atoms with van der Waals surface area (Å²) in [6.45, 7) is 5.87. The van der Waals surface area contributed by atoms with Gasteiger partial charge in [-0.1, -0.05) is 37.3 Å². The molecular weight excluding hydrogens is 356 g/mol. The van der Waals surface area contributed by atoms with Gasteiger partial charge >= 0.3 is 11.6 Å². The number of rotatable bonds is 7. The van der Waals surface area contributed by atoms with Crippen molar-refractivity contribution in [3.8, 4) is 5.75 Å². The van der Waals surface area contributed by atoms with E-state index in [2.05, 4.69) is 0 Å². The van der Waals surface area contributed by atoms with E-state index in [0.29, 0.717) is 35.5 Å². The van der Waals surface area contributed by atoms with Gasteiger partial charge in [-0.2, -0.15) is 0 Å². The molecule has 1 heterocycles. The van der Waals surface area contributed by atoms with E-state index in [1.807, 2.05) is 57.2 Å². The van der Waals surface area contributed by atoms with Crippen LogP contribution in [0.15, 0.2) is 51.7 Å². The third kappa shape index (κ3) is 4.25. The molecule has 0 saturated heterocycles. The molecule has 2 aromatic carbocycles. The maximum absolute atomic E-state index is 12.6. The van der Waals surface area contributed by atoms with Crippen LogP contribution < -0.4 is 10.4 Å². The van der Waals surface area contributed by atoms with Crippen LogP contribution in [0.5, 0.6) is 5.75 Å². The van der Waals surface area contributed by atoms with Gasteiger partial charge in [0.05, 0.1) is 6.61 Å². The molecule has 146 valence electrons. The first-order chi connectivity index (χ1) is 13.5. The second kappa shape index (κ2) is 8.74. The van der Waals surface area contributed by atoms with Crippen LogP contribution in [-0.2, 0) is 16.0 Å². The van der Waals surface area contributed by atoms with Crippen LogP contribution in [0, 0.1) is 13.8 Å². The Kier molecular flexibility index (Phi) is 6.14. The summed E-state index contributed by atoms with van der Waals surface area (Å²) in [5, 5.41) is 0.865. The minimum absolute atomic E-state index is 0.179. The fourth-order valence-electron chi connectivity index (χ4n) is 3.13. The molecule has 0 N–H and O–H groups in total. The van der Waals surface area contributed by atoms with Gasteiger partial charge < -0.3 is 13.9 Å². The first kappa shape index (κ1) is 19.7. The molecule has 0 unspecified atom stereocenters. The smallest absolute Gasteiger partial charge is 0.344 e. The Hall–Kier alpha value is -3.08. The third-order valence-corrected chi connectivity index (χ3v) is 4.69. The summed E-state index contributed by atoms with van der Waals surface area (Å²) in [4.78, 5) is 24.3. The minimum atomic E-state index is -0.419. The highest BCUT2D eigenvalue weighted by Gasteiger charge is 2.16. The van der Waals surface area contributed by atoms with Gasteiger partial charge in [-0.3, -0.25) is 0 Å². The Morgan fingerprint density at radius 2 is 1.79 bits per heavy atom. The molecule has 0 bridgehead atoms. The number of esters is 1. The number of hydrogen-bond acceptors (Lipinski definition) is 5. The summed E-state index contributed by atoms with van der Waals surface area (Å²) in [6, 6.07) is 13.5. The molecule has 0 aliphatic heterocycles. The normalized spacial score (nSPS) is 10.8. The Bertz CT molecular complexity index is 1030. The average molecular weight is 380 g/mol. The van der Waals surface area contributed by atoms with E-state index in [-0.39, 0.29) is 12.2 Å². The van der Waals surface area contributed by atoms with Crippen molar-refractivity contribution in [1.29, 1.82) is 0 Å².